The van der Waals surface area contributed by atoms with E-state index < -0.39 is 0 Å². The lowest BCUT2D eigenvalue weighted by atomic mass is 9.94. The summed E-state index contributed by atoms with van der Waals surface area (Å²) < 4.78 is 0. The van der Waals surface area contributed by atoms with Gasteiger partial charge in [-0.15, -0.1) is 0 Å². The minimum absolute atomic E-state index is 0.915. The lowest BCUT2D eigenvalue weighted by molar-refractivity contribution is 0.977. The van der Waals surface area contributed by atoms with Crippen molar-refractivity contribution in [2.75, 3.05) is 4.90 Å². The molecular weight excluding hydrogens is 474 g/mol. The van der Waals surface area contributed by atoms with Crippen LogP contribution >= 0.6 is 0 Å². The monoisotopic (exact) mass is 503 g/mol. The van der Waals surface area contributed by atoms with Crippen LogP contribution in [0.1, 0.15) is 22.3 Å². The van der Waals surface area contributed by atoms with Crippen molar-refractivity contribution in [2.45, 2.75) is 26.7 Å². The lowest BCUT2D eigenvalue weighted by Crippen LogP contribution is -2.13. The van der Waals surface area contributed by atoms with Crippen molar-refractivity contribution in [3.05, 3.63) is 138 Å². The molecule has 0 saturated heterocycles. The molecule has 6 aromatic rings. The highest BCUT2D eigenvalue weighted by Crippen LogP contribution is 2.44. The Morgan fingerprint density at radius 3 is 1.87 bits per heavy atom. The van der Waals surface area contributed by atoms with Crippen LogP contribution in [0.4, 0.5) is 17.1 Å². The normalized spacial score (nSPS) is 12.6. The topological polar surface area (TPSA) is 29.0 Å². The largest absolute Gasteiger partial charge is 0.310 e. The maximum atomic E-state index is 4.59. The Kier molecular flexibility index (Phi) is 5.70. The number of aryl methyl sites for hydroxylation is 4. The van der Waals surface area contributed by atoms with Crippen LogP contribution in [0.25, 0.3) is 33.3 Å². The zero-order valence-electron chi connectivity index (χ0n) is 22.2. The molecule has 0 atom stereocenters. The minimum atomic E-state index is 0.915. The number of hydrogen-bond donors (Lipinski definition) is 0. The van der Waals surface area contributed by atoms with E-state index in [4.69, 9.17) is 0 Å². The molecule has 0 radical (unpaired) electrons. The summed E-state index contributed by atoms with van der Waals surface area (Å²) in [5.74, 6) is 0. The summed E-state index contributed by atoms with van der Waals surface area (Å²) in [5.41, 5.74) is 15.7. The second-order valence-corrected chi connectivity index (χ2v) is 10.4. The number of para-hydroxylation sites is 2. The molecule has 0 bridgehead atoms. The molecule has 0 aliphatic carbocycles. The van der Waals surface area contributed by atoms with Crippen LogP contribution in [-0.4, -0.2) is 9.97 Å². The van der Waals surface area contributed by atoms with Gasteiger partial charge in [-0.1, -0.05) is 60.7 Å². The molecule has 0 N–H and O–H groups in total. The molecule has 39 heavy (non-hydrogen) atoms. The van der Waals surface area contributed by atoms with Crippen LogP contribution in [0.3, 0.4) is 0 Å². The number of pyridine rings is 2. The molecule has 1 aliphatic rings. The van der Waals surface area contributed by atoms with E-state index in [1.165, 1.54) is 50.4 Å². The van der Waals surface area contributed by atoms with Crippen molar-refractivity contribution in [1.29, 1.82) is 0 Å². The van der Waals surface area contributed by atoms with Crippen LogP contribution in [0, 0.1) is 13.8 Å². The molecule has 0 amide bonds. The van der Waals surface area contributed by atoms with Crippen molar-refractivity contribution in [2.24, 2.45) is 0 Å². The molecule has 2 aromatic heterocycles. The van der Waals surface area contributed by atoms with Gasteiger partial charge >= 0.3 is 0 Å². The average Bonchev–Trinajstić information content (AvgIpc) is 3.15. The van der Waals surface area contributed by atoms with Gasteiger partial charge in [0.05, 0.1) is 11.0 Å². The summed E-state index contributed by atoms with van der Waals surface area (Å²) >= 11 is 0. The van der Waals surface area contributed by atoms with E-state index in [-0.39, 0.29) is 0 Å². The fourth-order valence-corrected chi connectivity index (χ4v) is 5.93. The first kappa shape index (κ1) is 23.4. The second kappa shape index (κ2) is 9.52. The Bertz CT molecular complexity index is 1780. The van der Waals surface area contributed by atoms with Gasteiger partial charge in [-0.25, -0.2) is 0 Å². The molecule has 0 spiro atoms. The molecule has 3 nitrogen and oxygen atoms in total. The predicted octanol–water partition coefficient (Wildman–Crippen LogP) is 9.15. The Labute approximate surface area is 229 Å². The molecule has 0 fully saturated rings. The first-order chi connectivity index (χ1) is 19.2. The zero-order valence-corrected chi connectivity index (χ0v) is 22.2. The van der Waals surface area contributed by atoms with Crippen molar-refractivity contribution >= 4 is 28.1 Å². The van der Waals surface area contributed by atoms with Gasteiger partial charge in [0.2, 0.25) is 0 Å². The third-order valence-electron chi connectivity index (χ3n) is 7.92. The summed E-state index contributed by atoms with van der Waals surface area (Å²) in [4.78, 5) is 11.5. The second-order valence-electron chi connectivity index (χ2n) is 10.4. The molecule has 0 unspecified atom stereocenters. The van der Waals surface area contributed by atoms with Gasteiger partial charge in [-0.2, -0.15) is 0 Å². The fourth-order valence-electron chi connectivity index (χ4n) is 5.93. The lowest BCUT2D eigenvalue weighted by Gasteiger charge is -2.29. The highest BCUT2D eigenvalue weighted by atomic mass is 15.2. The van der Waals surface area contributed by atoms with E-state index >= 15 is 0 Å². The van der Waals surface area contributed by atoms with E-state index in [1.807, 2.05) is 30.6 Å². The van der Waals surface area contributed by atoms with Crippen LogP contribution in [0.2, 0.25) is 0 Å². The smallest absolute Gasteiger partial charge is 0.0964 e. The third kappa shape index (κ3) is 4.07. The molecule has 4 aromatic carbocycles. The van der Waals surface area contributed by atoms with E-state index in [9.17, 15) is 0 Å². The summed E-state index contributed by atoms with van der Waals surface area (Å²) in [5, 5.41) is 0. The van der Waals surface area contributed by atoms with Crippen LogP contribution in [0.15, 0.2) is 116 Å². The standard InChI is InChI=1S/C36H29N3/c1-24-23-35(39-33-11-5-3-8-28(33)17-18-29-9-4-6-12-34(29)39)25(2)22-31(24)27-15-13-26(14-16-27)30-19-21-37-32-10-7-20-38-36(30)32/h3-16,19-23H,17-18H2,1-2H3. The van der Waals surface area contributed by atoms with E-state index in [0.29, 0.717) is 0 Å². The molecule has 188 valence electrons. The SMILES string of the molecule is Cc1cc(N2c3ccccc3CCc3ccccc32)c(C)cc1-c1ccc(-c2ccnc3cccnc23)cc1. The zero-order chi connectivity index (χ0) is 26.3. The van der Waals surface area contributed by atoms with E-state index in [0.717, 1.165) is 35.0 Å². The van der Waals surface area contributed by atoms with Gasteiger partial charge in [-0.05, 0) is 108 Å². The number of rotatable bonds is 3. The Balaban J connectivity index is 1.30. The molecular formula is C36H29N3. The summed E-state index contributed by atoms with van der Waals surface area (Å²) in [7, 11) is 0. The van der Waals surface area contributed by atoms with Gasteiger partial charge < -0.3 is 4.90 Å². The van der Waals surface area contributed by atoms with Gasteiger partial charge in [0.25, 0.3) is 0 Å². The quantitative estimate of drug-likeness (QED) is 0.241. The summed E-state index contributed by atoms with van der Waals surface area (Å²) in [6.45, 7) is 4.46. The van der Waals surface area contributed by atoms with Crippen LogP contribution in [0.5, 0.6) is 0 Å². The molecule has 3 heterocycles. The Morgan fingerprint density at radius 2 is 1.18 bits per heavy atom. The third-order valence-corrected chi connectivity index (χ3v) is 7.92. The Morgan fingerprint density at radius 1 is 0.538 bits per heavy atom. The number of benzene rings is 4. The molecule has 0 saturated carbocycles. The number of anilines is 3. The number of fused-ring (bicyclic) bond motifs is 3. The van der Waals surface area contributed by atoms with Gasteiger partial charge in [0, 0.05) is 35.0 Å². The molecule has 1 aliphatic heterocycles. The van der Waals surface area contributed by atoms with Crippen molar-refractivity contribution < 1.29 is 0 Å². The minimum Gasteiger partial charge on any atom is -0.310 e. The summed E-state index contributed by atoms with van der Waals surface area (Å²) in [6, 6.07) is 37.2. The first-order valence-corrected chi connectivity index (χ1v) is 13.5. The van der Waals surface area contributed by atoms with Crippen molar-refractivity contribution in [1.82, 2.24) is 9.97 Å². The molecule has 7 rings (SSSR count). The maximum absolute atomic E-state index is 4.59. The highest BCUT2D eigenvalue weighted by molar-refractivity contribution is 5.91. The predicted molar refractivity (Wildman–Crippen MR) is 162 cm³/mol. The molecule has 3 heteroatoms. The number of hydrogen-bond acceptors (Lipinski definition) is 3. The maximum Gasteiger partial charge on any atom is 0.0964 e. The van der Waals surface area contributed by atoms with Crippen LogP contribution in [-0.2, 0) is 12.8 Å². The van der Waals surface area contributed by atoms with E-state index in [1.54, 1.807) is 0 Å². The number of aromatic nitrogens is 2. The first-order valence-electron chi connectivity index (χ1n) is 13.5. The average molecular weight is 504 g/mol. The number of nitrogens with zero attached hydrogens (tertiary/aromatic N) is 3. The van der Waals surface area contributed by atoms with Gasteiger partial charge in [0.15, 0.2) is 0 Å². The van der Waals surface area contributed by atoms with Crippen molar-refractivity contribution in [3.63, 3.8) is 0 Å². The summed E-state index contributed by atoms with van der Waals surface area (Å²) in [6.07, 6.45) is 5.79. The van der Waals surface area contributed by atoms with Gasteiger partial charge in [0.1, 0.15) is 0 Å². The van der Waals surface area contributed by atoms with E-state index in [2.05, 4.69) is 114 Å². The van der Waals surface area contributed by atoms with Crippen molar-refractivity contribution in [3.8, 4) is 22.3 Å². The van der Waals surface area contributed by atoms with Crippen LogP contribution < -0.4 is 4.90 Å². The Hall–Kier alpha value is -4.76. The fraction of sp³-hybridized carbons (Fsp3) is 0.111. The van der Waals surface area contributed by atoms with Gasteiger partial charge in [-0.3, -0.25) is 9.97 Å². The highest BCUT2D eigenvalue weighted by Gasteiger charge is 2.23.